The SMILES string of the molecule is CNc1ccccc1C(=O)SC. The molecule has 0 saturated carbocycles. The topological polar surface area (TPSA) is 29.1 Å². The summed E-state index contributed by atoms with van der Waals surface area (Å²) in [4.78, 5) is 11.3. The number of hydrogen-bond donors (Lipinski definition) is 1. The van der Waals surface area contributed by atoms with Crippen LogP contribution in [-0.4, -0.2) is 18.4 Å². The molecular formula is C9H11NOS. The Balaban J connectivity index is 3.04. The Morgan fingerprint density at radius 3 is 2.67 bits per heavy atom. The van der Waals surface area contributed by atoms with Crippen LogP contribution in [0, 0.1) is 0 Å². The van der Waals surface area contributed by atoms with Crippen LogP contribution >= 0.6 is 11.8 Å². The Hall–Kier alpha value is -0.960. The maximum Gasteiger partial charge on any atom is 0.221 e. The first kappa shape index (κ1) is 9.13. The Bertz CT molecular complexity index is 286. The predicted molar refractivity (Wildman–Crippen MR) is 53.8 cm³/mol. The lowest BCUT2D eigenvalue weighted by Crippen LogP contribution is -1.99. The summed E-state index contributed by atoms with van der Waals surface area (Å²) in [5.41, 5.74) is 1.63. The fourth-order valence-corrected chi connectivity index (χ4v) is 1.39. The van der Waals surface area contributed by atoms with Gasteiger partial charge in [0.1, 0.15) is 0 Å². The maximum atomic E-state index is 11.3. The normalized spacial score (nSPS) is 9.50. The third-order valence-corrected chi connectivity index (χ3v) is 2.19. The molecule has 0 aliphatic rings. The summed E-state index contributed by atoms with van der Waals surface area (Å²) in [6.07, 6.45) is 1.79. The minimum Gasteiger partial charge on any atom is -0.388 e. The largest absolute Gasteiger partial charge is 0.388 e. The molecule has 0 amide bonds. The van der Waals surface area contributed by atoms with Gasteiger partial charge in [-0.1, -0.05) is 23.9 Å². The number of carbonyl (C=O) groups is 1. The van der Waals surface area contributed by atoms with Crippen molar-refractivity contribution >= 4 is 22.6 Å². The number of para-hydroxylation sites is 1. The molecule has 0 bridgehead atoms. The van der Waals surface area contributed by atoms with Crippen molar-refractivity contribution in [1.29, 1.82) is 0 Å². The molecule has 0 saturated heterocycles. The molecule has 1 aromatic carbocycles. The second kappa shape index (κ2) is 4.16. The average molecular weight is 181 g/mol. The Morgan fingerprint density at radius 2 is 2.08 bits per heavy atom. The number of rotatable bonds is 2. The van der Waals surface area contributed by atoms with Gasteiger partial charge in [-0.2, -0.15) is 0 Å². The predicted octanol–water partition coefficient (Wildman–Crippen LogP) is 2.23. The molecule has 1 N–H and O–H groups in total. The van der Waals surface area contributed by atoms with Crippen LogP contribution in [0.5, 0.6) is 0 Å². The average Bonchev–Trinajstić information content (AvgIpc) is 2.16. The Kier molecular flexibility index (Phi) is 3.17. The summed E-state index contributed by atoms with van der Waals surface area (Å²) in [5.74, 6) is 0. The van der Waals surface area contributed by atoms with Crippen molar-refractivity contribution < 1.29 is 4.79 Å². The van der Waals surface area contributed by atoms with E-state index in [1.54, 1.807) is 6.26 Å². The van der Waals surface area contributed by atoms with E-state index >= 15 is 0 Å². The number of hydrogen-bond acceptors (Lipinski definition) is 3. The zero-order chi connectivity index (χ0) is 8.97. The van der Waals surface area contributed by atoms with Crippen molar-refractivity contribution in [3.05, 3.63) is 29.8 Å². The van der Waals surface area contributed by atoms with Crippen molar-refractivity contribution in [3.63, 3.8) is 0 Å². The van der Waals surface area contributed by atoms with Gasteiger partial charge in [0.15, 0.2) is 0 Å². The molecule has 0 atom stereocenters. The zero-order valence-electron chi connectivity index (χ0n) is 7.13. The molecule has 1 aromatic rings. The van der Waals surface area contributed by atoms with Crippen LogP contribution in [0.3, 0.4) is 0 Å². The summed E-state index contributed by atoms with van der Waals surface area (Å²) >= 11 is 1.23. The standard InChI is InChI=1S/C9H11NOS/c1-10-8-6-4-3-5-7(8)9(11)12-2/h3-6,10H,1-2H3. The fourth-order valence-electron chi connectivity index (χ4n) is 0.989. The summed E-state index contributed by atoms with van der Waals surface area (Å²) in [5, 5.41) is 3.07. The van der Waals surface area contributed by atoms with Crippen molar-refractivity contribution in [3.8, 4) is 0 Å². The second-order valence-corrected chi connectivity index (χ2v) is 3.07. The number of carbonyl (C=O) groups excluding carboxylic acids is 1. The van der Waals surface area contributed by atoms with E-state index in [4.69, 9.17) is 0 Å². The number of thioether (sulfide) groups is 1. The summed E-state index contributed by atoms with van der Waals surface area (Å²) < 4.78 is 0. The highest BCUT2D eigenvalue weighted by molar-refractivity contribution is 8.13. The van der Waals surface area contributed by atoms with E-state index in [-0.39, 0.29) is 5.12 Å². The third-order valence-electron chi connectivity index (χ3n) is 1.60. The minimum atomic E-state index is 0.0972. The van der Waals surface area contributed by atoms with E-state index in [9.17, 15) is 4.79 Å². The van der Waals surface area contributed by atoms with Crippen LogP contribution in [0.25, 0.3) is 0 Å². The van der Waals surface area contributed by atoms with E-state index < -0.39 is 0 Å². The fraction of sp³-hybridized carbons (Fsp3) is 0.222. The van der Waals surface area contributed by atoms with E-state index in [1.807, 2.05) is 31.3 Å². The first-order valence-corrected chi connectivity index (χ1v) is 4.87. The first-order chi connectivity index (χ1) is 5.79. The van der Waals surface area contributed by atoms with Gasteiger partial charge in [0.05, 0.1) is 5.56 Å². The lowest BCUT2D eigenvalue weighted by molar-refractivity contribution is 0.109. The molecule has 0 aliphatic carbocycles. The number of nitrogens with one attached hydrogen (secondary N) is 1. The first-order valence-electron chi connectivity index (χ1n) is 3.64. The number of benzene rings is 1. The van der Waals surface area contributed by atoms with Gasteiger partial charge >= 0.3 is 0 Å². The van der Waals surface area contributed by atoms with Gasteiger partial charge in [-0.15, -0.1) is 0 Å². The second-order valence-electron chi connectivity index (χ2n) is 2.29. The summed E-state index contributed by atoms with van der Waals surface area (Å²) in [6, 6.07) is 7.49. The molecule has 0 aromatic heterocycles. The minimum absolute atomic E-state index is 0.0972. The van der Waals surface area contributed by atoms with Crippen molar-refractivity contribution in [2.45, 2.75) is 0 Å². The molecular weight excluding hydrogens is 170 g/mol. The third kappa shape index (κ3) is 1.80. The van der Waals surface area contributed by atoms with Gasteiger partial charge in [-0.05, 0) is 18.4 Å². The monoisotopic (exact) mass is 181 g/mol. The summed E-state index contributed by atoms with van der Waals surface area (Å²) in [7, 11) is 1.81. The Labute approximate surface area is 76.4 Å². The number of anilines is 1. The molecule has 0 heterocycles. The van der Waals surface area contributed by atoms with Crippen LogP contribution in [-0.2, 0) is 0 Å². The highest BCUT2D eigenvalue weighted by Gasteiger charge is 2.07. The van der Waals surface area contributed by atoms with E-state index in [0.717, 1.165) is 11.3 Å². The molecule has 0 unspecified atom stereocenters. The van der Waals surface area contributed by atoms with Crippen molar-refractivity contribution in [2.75, 3.05) is 18.6 Å². The Morgan fingerprint density at radius 1 is 1.42 bits per heavy atom. The van der Waals surface area contributed by atoms with Crippen molar-refractivity contribution in [2.24, 2.45) is 0 Å². The van der Waals surface area contributed by atoms with Gasteiger partial charge in [-0.3, -0.25) is 4.79 Å². The lowest BCUT2D eigenvalue weighted by Gasteiger charge is -2.04. The van der Waals surface area contributed by atoms with Crippen LogP contribution in [0.4, 0.5) is 5.69 Å². The highest BCUT2D eigenvalue weighted by atomic mass is 32.2. The van der Waals surface area contributed by atoms with E-state index in [1.165, 1.54) is 11.8 Å². The van der Waals surface area contributed by atoms with Crippen molar-refractivity contribution in [1.82, 2.24) is 0 Å². The maximum absolute atomic E-state index is 11.3. The molecule has 64 valence electrons. The smallest absolute Gasteiger partial charge is 0.221 e. The summed E-state index contributed by atoms with van der Waals surface area (Å²) in [6.45, 7) is 0. The quantitative estimate of drug-likeness (QED) is 0.758. The molecule has 0 fully saturated rings. The molecule has 1 rings (SSSR count). The molecule has 2 nitrogen and oxygen atoms in total. The lowest BCUT2D eigenvalue weighted by atomic mass is 10.2. The zero-order valence-corrected chi connectivity index (χ0v) is 7.94. The van der Waals surface area contributed by atoms with E-state index in [0.29, 0.717) is 0 Å². The van der Waals surface area contributed by atoms with Gasteiger partial charge in [0, 0.05) is 12.7 Å². The van der Waals surface area contributed by atoms with E-state index in [2.05, 4.69) is 5.32 Å². The molecule has 0 aliphatic heterocycles. The molecule has 0 radical (unpaired) electrons. The van der Waals surface area contributed by atoms with Gasteiger partial charge < -0.3 is 5.32 Å². The van der Waals surface area contributed by atoms with Gasteiger partial charge in [0.25, 0.3) is 0 Å². The highest BCUT2D eigenvalue weighted by Crippen LogP contribution is 2.18. The molecule has 3 heteroatoms. The van der Waals surface area contributed by atoms with Crippen LogP contribution < -0.4 is 5.32 Å². The molecule has 12 heavy (non-hydrogen) atoms. The van der Waals surface area contributed by atoms with Crippen LogP contribution in [0.15, 0.2) is 24.3 Å². The molecule has 0 spiro atoms. The van der Waals surface area contributed by atoms with Crippen LogP contribution in [0.1, 0.15) is 10.4 Å². The van der Waals surface area contributed by atoms with Gasteiger partial charge in [-0.25, -0.2) is 0 Å². The van der Waals surface area contributed by atoms with Gasteiger partial charge in [0.2, 0.25) is 5.12 Å². The van der Waals surface area contributed by atoms with Crippen LogP contribution in [0.2, 0.25) is 0 Å².